The van der Waals surface area contributed by atoms with Gasteiger partial charge in [-0.1, -0.05) is 0 Å². The molecule has 0 fully saturated rings. The van der Waals surface area contributed by atoms with Crippen LogP contribution in [-0.2, 0) is 10.0 Å². The summed E-state index contributed by atoms with van der Waals surface area (Å²) in [5, 5.41) is 2.61. The largest absolute Gasteiger partial charge is 0.351 e. The summed E-state index contributed by atoms with van der Waals surface area (Å²) in [6, 6.07) is 3.42. The minimum Gasteiger partial charge on any atom is -0.351 e. The summed E-state index contributed by atoms with van der Waals surface area (Å²) in [6.45, 7) is 3.81. The van der Waals surface area contributed by atoms with Crippen LogP contribution in [0.15, 0.2) is 18.3 Å². The van der Waals surface area contributed by atoms with Crippen LogP contribution in [0, 0.1) is 6.92 Å². The summed E-state index contributed by atoms with van der Waals surface area (Å²) in [6.07, 6.45) is 1.49. The lowest BCUT2D eigenvalue weighted by Gasteiger charge is -2.06. The number of amides is 1. The highest BCUT2D eigenvalue weighted by Gasteiger charge is 2.07. The zero-order valence-corrected chi connectivity index (χ0v) is 11.3. The van der Waals surface area contributed by atoms with E-state index in [1.807, 2.05) is 6.92 Å². The third kappa shape index (κ3) is 4.80. The molecule has 0 unspecified atom stereocenters. The molecule has 1 aromatic heterocycles. The van der Waals surface area contributed by atoms with E-state index in [2.05, 4.69) is 15.0 Å². The van der Waals surface area contributed by atoms with E-state index < -0.39 is 10.0 Å². The Hall–Kier alpha value is -1.47. The molecule has 0 saturated carbocycles. The van der Waals surface area contributed by atoms with Crippen molar-refractivity contribution in [1.29, 1.82) is 0 Å². The molecule has 0 aliphatic carbocycles. The molecule has 0 radical (unpaired) electrons. The summed E-state index contributed by atoms with van der Waals surface area (Å²) in [5.74, 6) is -0.235. The smallest absolute Gasteiger partial charge is 0.252 e. The first-order valence-corrected chi connectivity index (χ1v) is 7.28. The van der Waals surface area contributed by atoms with Gasteiger partial charge in [-0.3, -0.25) is 9.78 Å². The van der Waals surface area contributed by atoms with E-state index in [9.17, 15) is 13.2 Å². The maximum atomic E-state index is 11.6. The first kappa shape index (κ1) is 14.6. The number of aryl methyl sites for hydroxylation is 1. The van der Waals surface area contributed by atoms with E-state index in [1.54, 1.807) is 19.1 Å². The summed E-state index contributed by atoms with van der Waals surface area (Å²) in [5.41, 5.74) is 1.29. The summed E-state index contributed by atoms with van der Waals surface area (Å²) in [7, 11) is -3.20. The number of carbonyl (C=O) groups excluding carboxylic acids is 1. The monoisotopic (exact) mass is 271 g/mol. The average Bonchev–Trinajstić information content (AvgIpc) is 2.35. The molecule has 100 valence electrons. The second-order valence-electron chi connectivity index (χ2n) is 3.74. The molecule has 1 heterocycles. The first-order chi connectivity index (χ1) is 8.44. The highest BCUT2D eigenvalue weighted by atomic mass is 32.2. The Kier molecular flexibility index (Phi) is 5.24. The number of pyridine rings is 1. The molecule has 0 aliphatic heterocycles. The van der Waals surface area contributed by atoms with Crippen LogP contribution >= 0.6 is 0 Å². The van der Waals surface area contributed by atoms with Crippen molar-refractivity contribution < 1.29 is 13.2 Å². The number of nitrogens with zero attached hydrogens (tertiary/aromatic N) is 1. The molecule has 0 spiro atoms. The van der Waals surface area contributed by atoms with Crippen LogP contribution in [0.5, 0.6) is 0 Å². The van der Waals surface area contributed by atoms with Gasteiger partial charge in [-0.05, 0) is 26.0 Å². The minimum atomic E-state index is -3.20. The molecule has 18 heavy (non-hydrogen) atoms. The number of hydrogen-bond acceptors (Lipinski definition) is 4. The van der Waals surface area contributed by atoms with Gasteiger partial charge in [0.1, 0.15) is 0 Å². The number of rotatable bonds is 6. The van der Waals surface area contributed by atoms with Crippen molar-refractivity contribution in [3.8, 4) is 0 Å². The highest BCUT2D eigenvalue weighted by Crippen LogP contribution is 1.98. The topological polar surface area (TPSA) is 88.2 Å². The van der Waals surface area contributed by atoms with E-state index >= 15 is 0 Å². The van der Waals surface area contributed by atoms with Crippen molar-refractivity contribution in [2.45, 2.75) is 13.8 Å². The maximum absolute atomic E-state index is 11.6. The molecule has 1 amide bonds. The second-order valence-corrected chi connectivity index (χ2v) is 5.84. The number of hydrogen-bond donors (Lipinski definition) is 2. The van der Waals surface area contributed by atoms with Gasteiger partial charge in [-0.2, -0.15) is 0 Å². The molecule has 0 bridgehead atoms. The standard InChI is InChI=1S/C11H17N3O3S/c1-3-18(16,17)14-7-6-12-11(15)10-5-4-9(2)13-8-10/h4-5,8,14H,3,6-7H2,1-2H3,(H,12,15). The fourth-order valence-electron chi connectivity index (χ4n) is 1.19. The lowest BCUT2D eigenvalue weighted by Crippen LogP contribution is -2.35. The summed E-state index contributed by atoms with van der Waals surface area (Å²) < 4.78 is 24.6. The highest BCUT2D eigenvalue weighted by molar-refractivity contribution is 7.89. The van der Waals surface area contributed by atoms with Crippen molar-refractivity contribution in [2.75, 3.05) is 18.8 Å². The van der Waals surface area contributed by atoms with Gasteiger partial charge >= 0.3 is 0 Å². The van der Waals surface area contributed by atoms with Crippen LogP contribution in [0.25, 0.3) is 0 Å². The fourth-order valence-corrected chi connectivity index (χ4v) is 1.81. The molecule has 1 rings (SSSR count). The van der Waals surface area contributed by atoms with Gasteiger partial charge in [0.05, 0.1) is 11.3 Å². The van der Waals surface area contributed by atoms with Crippen molar-refractivity contribution in [2.24, 2.45) is 0 Å². The van der Waals surface area contributed by atoms with Gasteiger partial charge in [-0.25, -0.2) is 13.1 Å². The zero-order valence-electron chi connectivity index (χ0n) is 10.4. The van der Waals surface area contributed by atoms with E-state index in [0.29, 0.717) is 5.56 Å². The van der Waals surface area contributed by atoms with Crippen LogP contribution in [0.3, 0.4) is 0 Å². The third-order valence-corrected chi connectivity index (χ3v) is 3.69. The Labute approximate surface area is 107 Å². The Morgan fingerprint density at radius 1 is 1.33 bits per heavy atom. The van der Waals surface area contributed by atoms with Gasteiger partial charge < -0.3 is 5.32 Å². The Balaban J connectivity index is 2.36. The molecule has 7 heteroatoms. The van der Waals surface area contributed by atoms with E-state index in [-0.39, 0.29) is 24.7 Å². The Morgan fingerprint density at radius 2 is 2.06 bits per heavy atom. The van der Waals surface area contributed by atoms with Crippen LogP contribution in [-0.4, -0.2) is 38.2 Å². The van der Waals surface area contributed by atoms with Gasteiger partial charge in [-0.15, -0.1) is 0 Å². The third-order valence-electron chi connectivity index (χ3n) is 2.29. The lowest BCUT2D eigenvalue weighted by atomic mass is 10.2. The minimum absolute atomic E-state index is 0.0306. The average molecular weight is 271 g/mol. The molecule has 0 saturated heterocycles. The number of nitrogens with one attached hydrogen (secondary N) is 2. The molecular formula is C11H17N3O3S. The Bertz CT molecular complexity index is 497. The summed E-state index contributed by atoms with van der Waals surface area (Å²) in [4.78, 5) is 15.6. The quantitative estimate of drug-likeness (QED) is 0.716. The van der Waals surface area contributed by atoms with Gasteiger partial charge in [0.25, 0.3) is 5.91 Å². The second kappa shape index (κ2) is 6.46. The molecule has 0 atom stereocenters. The Morgan fingerprint density at radius 3 is 2.61 bits per heavy atom. The van der Waals surface area contributed by atoms with Crippen LogP contribution in [0.1, 0.15) is 23.0 Å². The van der Waals surface area contributed by atoms with Crippen LogP contribution in [0.4, 0.5) is 0 Å². The molecule has 0 aromatic carbocycles. The van der Waals surface area contributed by atoms with Crippen molar-refractivity contribution in [3.63, 3.8) is 0 Å². The van der Waals surface area contributed by atoms with Gasteiger partial charge in [0.15, 0.2) is 0 Å². The normalized spacial score (nSPS) is 11.2. The SMILES string of the molecule is CCS(=O)(=O)NCCNC(=O)c1ccc(C)nc1. The molecule has 6 nitrogen and oxygen atoms in total. The number of sulfonamides is 1. The van der Waals surface area contributed by atoms with Crippen molar-refractivity contribution in [3.05, 3.63) is 29.6 Å². The molecule has 2 N–H and O–H groups in total. The predicted molar refractivity (Wildman–Crippen MR) is 68.8 cm³/mol. The fraction of sp³-hybridized carbons (Fsp3) is 0.455. The molecule has 0 aliphatic rings. The number of carbonyl (C=O) groups is 1. The van der Waals surface area contributed by atoms with E-state index in [0.717, 1.165) is 5.69 Å². The maximum Gasteiger partial charge on any atom is 0.252 e. The van der Waals surface area contributed by atoms with Crippen molar-refractivity contribution in [1.82, 2.24) is 15.0 Å². The summed E-state index contributed by atoms with van der Waals surface area (Å²) >= 11 is 0. The zero-order chi connectivity index (χ0) is 13.6. The van der Waals surface area contributed by atoms with Crippen molar-refractivity contribution >= 4 is 15.9 Å². The van der Waals surface area contributed by atoms with E-state index in [4.69, 9.17) is 0 Å². The van der Waals surface area contributed by atoms with Gasteiger partial charge in [0.2, 0.25) is 10.0 Å². The number of aromatic nitrogens is 1. The van der Waals surface area contributed by atoms with E-state index in [1.165, 1.54) is 6.20 Å². The first-order valence-electron chi connectivity index (χ1n) is 5.63. The van der Waals surface area contributed by atoms with Crippen LogP contribution in [0.2, 0.25) is 0 Å². The van der Waals surface area contributed by atoms with Crippen LogP contribution < -0.4 is 10.0 Å². The lowest BCUT2D eigenvalue weighted by molar-refractivity contribution is 0.0954. The molecule has 1 aromatic rings. The molecular weight excluding hydrogens is 254 g/mol. The van der Waals surface area contributed by atoms with Gasteiger partial charge in [0, 0.05) is 25.0 Å². The predicted octanol–water partition coefficient (Wildman–Crippen LogP) is 0.0591.